The first-order valence-electron chi connectivity index (χ1n) is 14.8. The fourth-order valence-electron chi connectivity index (χ4n) is 3.59. The van der Waals surface area contributed by atoms with Gasteiger partial charge in [-0.05, 0) is 95.6 Å². The molecule has 288 valence electrons. The molecule has 1 aliphatic heterocycles. The molecule has 1 aliphatic rings. The summed E-state index contributed by atoms with van der Waals surface area (Å²) in [5.74, 6) is -0.674. The number of fused-ring (bicyclic) bond motifs is 2. The van der Waals surface area contributed by atoms with Crippen LogP contribution in [0.5, 0.6) is 17.2 Å². The lowest BCUT2D eigenvalue weighted by atomic mass is 10.0. The maximum atomic E-state index is 11.1. The third kappa shape index (κ3) is 17.9. The second-order valence-electron chi connectivity index (χ2n) is 9.57. The van der Waals surface area contributed by atoms with Crippen LogP contribution in [0.3, 0.4) is 0 Å². The van der Waals surface area contributed by atoms with Crippen LogP contribution in [0, 0.1) is 0 Å². The number of carbonyl (C=O) groups is 4. The van der Waals surface area contributed by atoms with Gasteiger partial charge in [0.1, 0.15) is 17.2 Å². The average molecular weight is 858 g/mol. The number of nitrogen functional groups attached to an aromatic ring is 2. The summed E-state index contributed by atoms with van der Waals surface area (Å²) in [6.07, 6.45) is 0.151. The number of aromatic nitrogens is 2. The molecule has 0 bridgehead atoms. The first kappa shape index (κ1) is 46.8. The molecule has 0 saturated carbocycles. The number of benzene rings is 3. The number of halogens is 5. The van der Waals surface area contributed by atoms with E-state index in [1.165, 1.54) is 0 Å². The number of carbonyl (C=O) groups excluding carboxylic acids is 4. The molecule has 0 radical (unpaired) electrons. The summed E-state index contributed by atoms with van der Waals surface area (Å²) >= 11 is 25.3. The first-order chi connectivity index (χ1) is 24.9. The number of methoxy groups -OCH3 is 3. The quantitative estimate of drug-likeness (QED) is 0.0766. The lowest BCUT2D eigenvalue weighted by Gasteiger charge is -2.16. The molecule has 4 aromatic rings. The van der Waals surface area contributed by atoms with E-state index in [0.717, 1.165) is 11.3 Å². The molecule has 0 saturated heterocycles. The Morgan fingerprint density at radius 3 is 1.68 bits per heavy atom. The SMILES string of the molecule is CCOC(=O)C(=O)OCC.COc1ccc(N)c(N)c1.COc1ccc2c(c1)CC(=O)C(=O)N2.COc1ccc2nc(Cl)c(Cl)nc2c1.O=P(Cl)(Cl)Cl. The summed E-state index contributed by atoms with van der Waals surface area (Å²) in [7, 11) is 4.74. The predicted molar refractivity (Wildman–Crippen MR) is 207 cm³/mol. The van der Waals surface area contributed by atoms with E-state index >= 15 is 0 Å². The third-order valence-corrected chi connectivity index (χ3v) is 6.59. The lowest BCUT2D eigenvalue weighted by molar-refractivity contribution is -0.167. The van der Waals surface area contributed by atoms with Gasteiger partial charge < -0.3 is 40.5 Å². The molecule has 0 aliphatic carbocycles. The van der Waals surface area contributed by atoms with E-state index in [9.17, 15) is 23.7 Å². The van der Waals surface area contributed by atoms with Gasteiger partial charge in [-0.15, -0.1) is 0 Å². The Morgan fingerprint density at radius 2 is 1.19 bits per heavy atom. The van der Waals surface area contributed by atoms with Crippen LogP contribution in [-0.2, 0) is 39.6 Å². The second-order valence-corrected chi connectivity index (χ2v) is 16.9. The Balaban J connectivity index is 0.000000343. The third-order valence-electron chi connectivity index (χ3n) is 5.97. The van der Waals surface area contributed by atoms with E-state index in [2.05, 4.69) is 58.5 Å². The number of ketones is 1. The highest BCUT2D eigenvalue weighted by Gasteiger charge is 2.23. The summed E-state index contributed by atoms with van der Waals surface area (Å²) in [5, 5.41) is -0.292. The number of nitrogens with zero attached hydrogens (tertiary/aromatic N) is 2. The molecule has 0 spiro atoms. The van der Waals surface area contributed by atoms with Crippen molar-refractivity contribution in [2.75, 3.05) is 51.3 Å². The van der Waals surface area contributed by atoms with Crippen molar-refractivity contribution in [2.24, 2.45) is 0 Å². The number of hydrogen-bond acceptors (Lipinski definition) is 14. The molecule has 15 nitrogen and oxygen atoms in total. The number of hydrogen-bond donors (Lipinski definition) is 3. The molecular weight excluding hydrogens is 823 g/mol. The standard InChI is InChI=1S/C10H9NO3.C9H6Cl2N2O.C7H10N2O.C6H10O4.Cl3OP/c1-14-7-2-3-8-6(4-7)5-9(12)10(13)11-8;1-14-5-2-3-6-7(4-5)13-9(11)8(10)12-6;1-10-5-2-3-6(8)7(9)4-5;1-3-9-5(7)6(8)10-4-2;1-5(2,3)4/h2-4H,5H2,1H3,(H,11,13);2-4H,1H3;2-4H,8-9H2,1H3;3-4H2,1-2H3;. The van der Waals surface area contributed by atoms with E-state index in [4.69, 9.17) is 48.9 Å². The number of nitrogens with one attached hydrogen (secondary N) is 1. The van der Waals surface area contributed by atoms with Gasteiger partial charge in [0, 0.05) is 24.2 Å². The minimum atomic E-state index is -3.22. The van der Waals surface area contributed by atoms with E-state index in [-0.39, 0.29) is 29.9 Å². The molecule has 0 unspecified atom stereocenters. The smallest absolute Gasteiger partial charge is 0.417 e. The molecule has 2 heterocycles. The molecule has 0 atom stereocenters. The fraction of sp³-hybridized carbons (Fsp3) is 0.250. The zero-order valence-electron chi connectivity index (χ0n) is 28.8. The molecule has 0 fully saturated rings. The average Bonchev–Trinajstić information content (AvgIpc) is 3.10. The van der Waals surface area contributed by atoms with Crippen LogP contribution in [-0.4, -0.2) is 68.1 Å². The van der Waals surface area contributed by atoms with E-state index in [0.29, 0.717) is 39.6 Å². The highest BCUT2D eigenvalue weighted by atomic mass is 36.0. The van der Waals surface area contributed by atoms with Gasteiger partial charge in [0.25, 0.3) is 5.91 Å². The number of ether oxygens (including phenoxy) is 5. The van der Waals surface area contributed by atoms with Crippen molar-refractivity contribution in [3.05, 3.63) is 70.5 Å². The Hall–Kier alpha value is -4.24. The fourth-order valence-corrected chi connectivity index (χ4v) is 3.86. The molecule has 5 N–H and O–H groups in total. The Labute approximate surface area is 329 Å². The molecule has 5 rings (SSSR count). The van der Waals surface area contributed by atoms with Crippen molar-refractivity contribution >= 4 is 114 Å². The maximum absolute atomic E-state index is 11.1. The predicted octanol–water partition coefficient (Wildman–Crippen LogP) is 7.49. The Bertz CT molecular complexity index is 1910. The highest BCUT2D eigenvalue weighted by Crippen LogP contribution is 2.61. The zero-order valence-corrected chi connectivity index (χ0v) is 33.5. The normalized spacial score (nSPS) is 11.1. The number of nitrogens with two attached hydrogens (primary N) is 2. The lowest BCUT2D eigenvalue weighted by Crippen LogP contribution is -2.29. The van der Waals surface area contributed by atoms with Crippen molar-refractivity contribution in [3.8, 4) is 17.2 Å². The number of amides is 1. The molecule has 3 aromatic carbocycles. The van der Waals surface area contributed by atoms with Crippen molar-refractivity contribution in [2.45, 2.75) is 20.3 Å². The van der Waals surface area contributed by atoms with Crippen LogP contribution in [0.25, 0.3) is 11.0 Å². The Morgan fingerprint density at radius 1 is 0.736 bits per heavy atom. The van der Waals surface area contributed by atoms with Crippen molar-refractivity contribution in [3.63, 3.8) is 0 Å². The second kappa shape index (κ2) is 23.4. The van der Waals surface area contributed by atoms with Crippen LogP contribution in [0.2, 0.25) is 10.3 Å². The summed E-state index contributed by atoms with van der Waals surface area (Å²) in [6.45, 7) is 3.63. The van der Waals surface area contributed by atoms with Gasteiger partial charge in [-0.2, -0.15) is 0 Å². The topological polar surface area (TPSA) is 221 Å². The van der Waals surface area contributed by atoms with Crippen LogP contribution in [0.1, 0.15) is 19.4 Å². The minimum absolute atomic E-state index is 0.151. The van der Waals surface area contributed by atoms with Gasteiger partial charge in [0.05, 0.1) is 57.0 Å². The van der Waals surface area contributed by atoms with Crippen LogP contribution >= 0.6 is 62.1 Å². The van der Waals surface area contributed by atoms with Crippen molar-refractivity contribution < 1.29 is 47.4 Å². The van der Waals surface area contributed by atoms with Gasteiger partial charge in [-0.3, -0.25) is 14.2 Å². The highest BCUT2D eigenvalue weighted by molar-refractivity contribution is 8.24. The monoisotopic (exact) mass is 855 g/mol. The van der Waals surface area contributed by atoms with Gasteiger partial charge in [-0.25, -0.2) is 19.6 Å². The van der Waals surface area contributed by atoms with Crippen molar-refractivity contribution in [1.29, 1.82) is 0 Å². The largest absolute Gasteiger partial charge is 0.497 e. The van der Waals surface area contributed by atoms with Gasteiger partial charge in [0.2, 0.25) is 5.78 Å². The number of rotatable bonds is 5. The van der Waals surface area contributed by atoms with Gasteiger partial charge >= 0.3 is 17.1 Å². The molecule has 53 heavy (non-hydrogen) atoms. The van der Waals surface area contributed by atoms with Crippen molar-refractivity contribution in [1.82, 2.24) is 9.97 Å². The Kier molecular flexibility index (Phi) is 20.7. The van der Waals surface area contributed by atoms with Gasteiger partial charge in [-0.1, -0.05) is 23.2 Å². The van der Waals surface area contributed by atoms with Crippen LogP contribution in [0.4, 0.5) is 17.1 Å². The van der Waals surface area contributed by atoms with Gasteiger partial charge in [0.15, 0.2) is 10.3 Å². The first-order valence-corrected chi connectivity index (χ1v) is 19.9. The summed E-state index contributed by atoms with van der Waals surface area (Å²) < 4.78 is 33.2. The maximum Gasteiger partial charge on any atom is 0.417 e. The molecule has 1 aromatic heterocycles. The van der Waals surface area contributed by atoms with E-state index < -0.39 is 28.8 Å². The number of anilines is 3. The van der Waals surface area contributed by atoms with Crippen LogP contribution in [0.15, 0.2) is 54.6 Å². The van der Waals surface area contributed by atoms with E-state index in [1.54, 1.807) is 89.8 Å². The zero-order chi connectivity index (χ0) is 40.3. The molecular formula is C32H35Cl5N5O10P. The minimum Gasteiger partial charge on any atom is -0.497 e. The number of esters is 2. The summed E-state index contributed by atoms with van der Waals surface area (Å²) in [4.78, 5) is 51.1. The number of Topliss-reactive ketones (excluding diaryl/α,β-unsaturated/α-hetero) is 1. The van der Waals surface area contributed by atoms with E-state index in [1.807, 2.05) is 0 Å². The molecule has 1 amide bonds. The van der Waals surface area contributed by atoms with Crippen LogP contribution < -0.4 is 31.0 Å². The summed E-state index contributed by atoms with van der Waals surface area (Å²) in [6, 6.07) is 15.7. The molecule has 21 heteroatoms. The summed E-state index contributed by atoms with van der Waals surface area (Å²) in [5.41, 5.74) is 14.9.